The monoisotopic (exact) mass is 383 g/mol. The number of thioether (sulfide) groups is 1. The minimum atomic E-state index is -0.372. The van der Waals surface area contributed by atoms with Crippen LogP contribution in [0.5, 0.6) is 11.5 Å². The first-order valence-corrected chi connectivity index (χ1v) is 9.21. The van der Waals surface area contributed by atoms with E-state index in [4.69, 9.17) is 18.3 Å². The molecule has 0 saturated heterocycles. The normalized spacial score (nSPS) is 12.7. The van der Waals surface area contributed by atoms with Crippen molar-refractivity contribution in [3.05, 3.63) is 53.0 Å². The number of hydrogen-bond donors (Lipinski definition) is 0. The second kappa shape index (κ2) is 6.51. The molecule has 0 atom stereocenters. The number of aryl methyl sites for hydroxylation is 1. The number of aromatic nitrogens is 3. The Hall–Kier alpha value is -3.20. The molecule has 0 unspecified atom stereocenters. The van der Waals surface area contributed by atoms with Crippen LogP contribution < -0.4 is 15.2 Å². The standard InChI is InChI=1S/C18H13N3O5S/c22-18-21(12-3-1-2-4-13(12)25-18)7-8-27-17-20-19-16(26-17)11-5-6-14-15(9-11)24-10-23-14/h1-6,9H,7-8,10H2. The van der Waals surface area contributed by atoms with Crippen molar-refractivity contribution in [2.75, 3.05) is 12.5 Å². The van der Waals surface area contributed by atoms with E-state index < -0.39 is 0 Å². The number of nitrogens with zero attached hydrogens (tertiary/aromatic N) is 3. The zero-order valence-corrected chi connectivity index (χ0v) is 14.8. The van der Waals surface area contributed by atoms with Crippen molar-refractivity contribution < 1.29 is 18.3 Å². The Morgan fingerprint density at radius 3 is 2.89 bits per heavy atom. The summed E-state index contributed by atoms with van der Waals surface area (Å²) in [5.74, 6) is 1.98. The van der Waals surface area contributed by atoms with E-state index in [-0.39, 0.29) is 12.5 Å². The molecule has 0 saturated carbocycles. The molecule has 5 rings (SSSR count). The van der Waals surface area contributed by atoms with Gasteiger partial charge < -0.3 is 18.3 Å². The molecular formula is C18H13N3O5S. The summed E-state index contributed by atoms with van der Waals surface area (Å²) in [7, 11) is 0. The number of benzene rings is 2. The third-order valence-corrected chi connectivity index (χ3v) is 4.94. The summed E-state index contributed by atoms with van der Waals surface area (Å²) < 4.78 is 23.2. The van der Waals surface area contributed by atoms with E-state index in [2.05, 4.69) is 10.2 Å². The Bertz CT molecular complexity index is 1180. The second-order valence-corrected chi connectivity index (χ2v) is 6.82. The molecule has 0 aliphatic carbocycles. The molecule has 8 nitrogen and oxygen atoms in total. The van der Waals surface area contributed by atoms with Crippen LogP contribution >= 0.6 is 11.8 Å². The van der Waals surface area contributed by atoms with E-state index in [1.807, 2.05) is 36.4 Å². The molecule has 1 aliphatic heterocycles. The van der Waals surface area contributed by atoms with Crippen LogP contribution in [0.15, 0.2) is 61.3 Å². The van der Waals surface area contributed by atoms with Crippen LogP contribution in [0.3, 0.4) is 0 Å². The molecule has 2 aromatic carbocycles. The van der Waals surface area contributed by atoms with Crippen molar-refractivity contribution in [3.63, 3.8) is 0 Å². The molecule has 0 N–H and O–H groups in total. The van der Waals surface area contributed by atoms with Gasteiger partial charge in [0.1, 0.15) is 0 Å². The van der Waals surface area contributed by atoms with Gasteiger partial charge >= 0.3 is 5.76 Å². The summed E-state index contributed by atoms with van der Waals surface area (Å²) in [4.78, 5) is 12.0. The Morgan fingerprint density at radius 2 is 1.93 bits per heavy atom. The SMILES string of the molecule is O=c1oc2ccccc2n1CCSc1nnc(-c2ccc3c(c2)OCO3)o1. The maximum Gasteiger partial charge on any atom is 0.419 e. The average molecular weight is 383 g/mol. The first-order chi connectivity index (χ1) is 13.3. The van der Waals surface area contributed by atoms with Gasteiger partial charge in [0.2, 0.25) is 12.7 Å². The zero-order valence-electron chi connectivity index (χ0n) is 14.0. The predicted molar refractivity (Wildman–Crippen MR) is 97.1 cm³/mol. The topological polar surface area (TPSA) is 92.5 Å². The maximum absolute atomic E-state index is 12.0. The van der Waals surface area contributed by atoms with Gasteiger partial charge in [-0.2, -0.15) is 0 Å². The first kappa shape index (κ1) is 16.0. The van der Waals surface area contributed by atoms with Gasteiger partial charge in [0.05, 0.1) is 5.52 Å². The van der Waals surface area contributed by atoms with Gasteiger partial charge in [-0.3, -0.25) is 4.57 Å². The van der Waals surface area contributed by atoms with Crippen molar-refractivity contribution in [2.45, 2.75) is 11.8 Å². The molecule has 0 fully saturated rings. The van der Waals surface area contributed by atoms with E-state index in [0.29, 0.717) is 40.5 Å². The van der Waals surface area contributed by atoms with E-state index in [9.17, 15) is 4.79 Å². The molecule has 3 heterocycles. The summed E-state index contributed by atoms with van der Waals surface area (Å²) in [5, 5.41) is 8.56. The fraction of sp³-hybridized carbons (Fsp3) is 0.167. The van der Waals surface area contributed by atoms with Crippen LogP contribution in [-0.2, 0) is 6.54 Å². The van der Waals surface area contributed by atoms with Crippen LogP contribution in [0.25, 0.3) is 22.6 Å². The number of ether oxygens (including phenoxy) is 2. The number of hydrogen-bond acceptors (Lipinski definition) is 8. The molecule has 0 amide bonds. The molecule has 0 bridgehead atoms. The van der Waals surface area contributed by atoms with Crippen LogP contribution in [0.2, 0.25) is 0 Å². The summed E-state index contributed by atoms with van der Waals surface area (Å²) in [6.45, 7) is 0.689. The van der Waals surface area contributed by atoms with Crippen LogP contribution in [-0.4, -0.2) is 27.3 Å². The van der Waals surface area contributed by atoms with Crippen molar-refractivity contribution in [1.82, 2.24) is 14.8 Å². The molecule has 4 aromatic rings. The Kier molecular flexibility index (Phi) is 3.86. The van der Waals surface area contributed by atoms with Crippen LogP contribution in [0, 0.1) is 0 Å². The van der Waals surface area contributed by atoms with E-state index in [1.165, 1.54) is 11.8 Å². The average Bonchev–Trinajstić information content (AvgIpc) is 3.40. The van der Waals surface area contributed by atoms with Crippen LogP contribution in [0.1, 0.15) is 0 Å². The van der Waals surface area contributed by atoms with E-state index in [1.54, 1.807) is 10.6 Å². The third-order valence-electron chi connectivity index (χ3n) is 4.14. The first-order valence-electron chi connectivity index (χ1n) is 8.23. The molecule has 9 heteroatoms. The highest BCUT2D eigenvalue weighted by Crippen LogP contribution is 2.36. The van der Waals surface area contributed by atoms with Crippen LogP contribution in [0.4, 0.5) is 0 Å². The second-order valence-electron chi connectivity index (χ2n) is 5.78. The van der Waals surface area contributed by atoms with Crippen molar-refractivity contribution in [1.29, 1.82) is 0 Å². The van der Waals surface area contributed by atoms with E-state index >= 15 is 0 Å². The van der Waals surface area contributed by atoms with Gasteiger partial charge in [-0.15, -0.1) is 10.2 Å². The highest BCUT2D eigenvalue weighted by atomic mass is 32.2. The molecule has 1 aliphatic rings. The minimum absolute atomic E-state index is 0.214. The van der Waals surface area contributed by atoms with Gasteiger partial charge in [0.25, 0.3) is 5.22 Å². The lowest BCUT2D eigenvalue weighted by Gasteiger charge is -2.00. The summed E-state index contributed by atoms with van der Waals surface area (Å²) in [5.41, 5.74) is 2.11. The minimum Gasteiger partial charge on any atom is -0.454 e. The maximum atomic E-state index is 12.0. The largest absolute Gasteiger partial charge is 0.454 e. The summed E-state index contributed by atoms with van der Waals surface area (Å²) in [6, 6.07) is 12.8. The number of para-hydroxylation sites is 2. The fourth-order valence-electron chi connectivity index (χ4n) is 2.86. The van der Waals surface area contributed by atoms with Gasteiger partial charge in [0.15, 0.2) is 17.1 Å². The molecule has 136 valence electrons. The zero-order chi connectivity index (χ0) is 18.2. The Balaban J connectivity index is 1.28. The Labute approximate surface area is 156 Å². The number of rotatable bonds is 5. The van der Waals surface area contributed by atoms with Crippen molar-refractivity contribution >= 4 is 22.9 Å². The van der Waals surface area contributed by atoms with Crippen molar-refractivity contribution in [2.24, 2.45) is 0 Å². The Morgan fingerprint density at radius 1 is 1.04 bits per heavy atom. The van der Waals surface area contributed by atoms with Gasteiger partial charge in [-0.25, -0.2) is 4.79 Å². The quantitative estimate of drug-likeness (QED) is 0.485. The summed E-state index contributed by atoms with van der Waals surface area (Å²) in [6.07, 6.45) is 0. The summed E-state index contributed by atoms with van der Waals surface area (Å²) >= 11 is 1.38. The lowest BCUT2D eigenvalue weighted by atomic mass is 10.2. The van der Waals surface area contributed by atoms with E-state index in [0.717, 1.165) is 11.1 Å². The van der Waals surface area contributed by atoms with Gasteiger partial charge in [-0.05, 0) is 30.3 Å². The molecule has 2 aromatic heterocycles. The molecule has 0 spiro atoms. The number of oxazole rings is 1. The van der Waals surface area contributed by atoms with Gasteiger partial charge in [0, 0.05) is 17.9 Å². The molecule has 0 radical (unpaired) electrons. The highest BCUT2D eigenvalue weighted by molar-refractivity contribution is 7.99. The highest BCUT2D eigenvalue weighted by Gasteiger charge is 2.17. The predicted octanol–water partition coefficient (Wildman–Crippen LogP) is 3.17. The molecule has 27 heavy (non-hydrogen) atoms. The fourth-order valence-corrected chi connectivity index (χ4v) is 3.55. The number of fused-ring (bicyclic) bond motifs is 2. The molecular weight excluding hydrogens is 370 g/mol. The van der Waals surface area contributed by atoms with Gasteiger partial charge in [-0.1, -0.05) is 23.9 Å². The smallest absolute Gasteiger partial charge is 0.419 e. The van der Waals surface area contributed by atoms with Crippen molar-refractivity contribution in [3.8, 4) is 23.0 Å². The third kappa shape index (κ3) is 2.95. The lowest BCUT2D eigenvalue weighted by molar-refractivity contribution is 0.174. The lowest BCUT2D eigenvalue weighted by Crippen LogP contribution is -2.15.